The van der Waals surface area contributed by atoms with Crippen molar-refractivity contribution in [2.24, 2.45) is 28.3 Å². The van der Waals surface area contributed by atoms with Crippen molar-refractivity contribution in [1.82, 2.24) is 57.3 Å². The fraction of sp³-hybridized carbons (Fsp3) is 0.673. The van der Waals surface area contributed by atoms with Crippen LogP contribution in [0.25, 0.3) is 0 Å². The molecule has 13 N–H and O–H groups in total. The smallest absolute Gasteiger partial charge is 0.245 e. The first-order chi connectivity index (χ1) is 35.0. The van der Waals surface area contributed by atoms with Crippen molar-refractivity contribution < 1.29 is 53.1 Å². The number of aromatic nitrogens is 1. The molecule has 10 amide bonds. The van der Waals surface area contributed by atoms with Crippen LogP contribution in [0.4, 0.5) is 0 Å². The Bertz CT molecular complexity index is 2090. The normalized spacial score (nSPS) is 16.7. The number of aliphatic imine (C=N–C) groups is 1. The van der Waals surface area contributed by atoms with E-state index in [9.17, 15) is 53.1 Å². The number of rotatable bonds is 31. The third kappa shape index (κ3) is 20.9. The molecule has 0 aromatic carbocycles. The number of guanidine groups is 1. The molecule has 2 rings (SSSR count). The van der Waals surface area contributed by atoms with E-state index in [1.807, 2.05) is 6.92 Å². The average Bonchev–Trinajstić information content (AvgIpc) is 3.86. The number of hydrogen-bond donors (Lipinski definition) is 11. The minimum Gasteiger partial charge on any atom is -0.391 e. The first-order valence-corrected chi connectivity index (χ1v) is 25.5. The lowest BCUT2D eigenvalue weighted by molar-refractivity contribution is -0.142. The van der Waals surface area contributed by atoms with Crippen molar-refractivity contribution in [1.29, 1.82) is 0 Å². The number of likely N-dealkylation sites (tertiary alicyclic amines) is 1. The number of carbonyl (C=O) groups is 10. The van der Waals surface area contributed by atoms with Crippen molar-refractivity contribution in [2.75, 3.05) is 39.8 Å². The maximum atomic E-state index is 14.2. The number of nitrogens with zero attached hydrogens (tertiary/aromatic N) is 4. The Hall–Kier alpha value is -6.92. The average molecular weight is 1040 g/mol. The topological polar surface area (TPSA) is 371 Å². The van der Waals surface area contributed by atoms with Gasteiger partial charge in [0.1, 0.15) is 42.3 Å². The molecule has 1 aromatic rings. The molecule has 0 aliphatic carbocycles. The van der Waals surface area contributed by atoms with Crippen molar-refractivity contribution in [2.45, 2.75) is 162 Å². The molecule has 25 nitrogen and oxygen atoms in total. The van der Waals surface area contributed by atoms with Gasteiger partial charge in [-0.2, -0.15) is 0 Å². The Kier molecular flexibility index (Phi) is 27.6. The monoisotopic (exact) mass is 1040 g/mol. The Morgan fingerprint density at radius 1 is 0.770 bits per heavy atom. The van der Waals surface area contributed by atoms with Crippen LogP contribution in [0.15, 0.2) is 29.5 Å². The van der Waals surface area contributed by atoms with Crippen LogP contribution in [-0.4, -0.2) is 173 Å². The number of carbonyl (C=O) groups excluding carboxylic acids is 10. The van der Waals surface area contributed by atoms with Crippen LogP contribution in [-0.2, 0) is 54.4 Å². The zero-order valence-electron chi connectivity index (χ0n) is 44.5. The number of nitrogens with two attached hydrogens (primary N) is 2. The van der Waals surface area contributed by atoms with Gasteiger partial charge in [-0.1, -0.05) is 59.9 Å². The SMILES string of the molecule is CCC[C@H](NC(=O)[C@@H](NC(=O)[C@H](NC(=O)[C@H](Cc1cccnc1)NC(=O)CNC(=O)CN(C)C(C)=O)C(C)CC)[C@@H](C)O)C(=O)N[C@H](C(=O)N[C@@H](CCCN=C(N)N)C(=O)N1CCC[C@H]1C(=O)NCC)[C@@H](C)CC. The second-order valence-corrected chi connectivity index (χ2v) is 18.8. The molecule has 2 heterocycles. The molecule has 74 heavy (non-hydrogen) atoms. The highest BCUT2D eigenvalue weighted by molar-refractivity contribution is 5.98. The molecule has 1 unspecified atom stereocenters. The lowest BCUT2D eigenvalue weighted by Gasteiger charge is -2.32. The fourth-order valence-electron chi connectivity index (χ4n) is 7.97. The molecule has 0 saturated carbocycles. The first-order valence-electron chi connectivity index (χ1n) is 25.5. The summed E-state index contributed by atoms with van der Waals surface area (Å²) in [5.74, 6) is -7.72. The van der Waals surface area contributed by atoms with Gasteiger partial charge >= 0.3 is 0 Å². The Labute approximate surface area is 434 Å². The molecule has 0 radical (unpaired) electrons. The van der Waals surface area contributed by atoms with Gasteiger partial charge in [0.2, 0.25) is 59.1 Å². The highest BCUT2D eigenvalue weighted by Crippen LogP contribution is 2.21. The van der Waals surface area contributed by atoms with Gasteiger partial charge in [0.15, 0.2) is 5.96 Å². The second kappa shape index (κ2) is 32.3. The summed E-state index contributed by atoms with van der Waals surface area (Å²) < 4.78 is 0. The van der Waals surface area contributed by atoms with Crippen LogP contribution in [0.3, 0.4) is 0 Å². The minimum atomic E-state index is -1.65. The van der Waals surface area contributed by atoms with Crippen molar-refractivity contribution in [3.05, 3.63) is 30.1 Å². The van der Waals surface area contributed by atoms with Gasteiger partial charge in [0.25, 0.3) is 0 Å². The zero-order chi connectivity index (χ0) is 55.7. The van der Waals surface area contributed by atoms with Crippen LogP contribution >= 0.6 is 0 Å². The van der Waals surface area contributed by atoms with Gasteiger partial charge in [-0.15, -0.1) is 0 Å². The Balaban J connectivity index is 2.34. The summed E-state index contributed by atoms with van der Waals surface area (Å²) in [4.78, 5) is 145. The van der Waals surface area contributed by atoms with Gasteiger partial charge < -0.3 is 68.9 Å². The van der Waals surface area contributed by atoms with Gasteiger partial charge in [0, 0.05) is 52.4 Å². The van der Waals surface area contributed by atoms with Crippen molar-refractivity contribution >= 4 is 65.0 Å². The maximum absolute atomic E-state index is 14.2. The standard InChI is InChI=1S/C49H82N14O11/c1-10-17-33(42(68)59-39(28(5)11-2)45(71)58-34(19-15-22-54-49(50)51)48(74)63-23-16-20-36(63)44(70)53-13-4)57-47(73)41(30(7)64)61-46(72)40(29(6)12-3)60-43(69)35(24-32-18-14-21-52-25-32)56-37(66)26-55-38(67)27-62(9)31(8)65/h14,18,21,25,28-30,33-36,39-41,64H,10-13,15-17,19-20,22-24,26-27H2,1-9H3,(H,53,70)(H,55,67)(H,56,66)(H,57,73)(H,58,71)(H,59,68)(H,60,69)(H,61,72)(H4,50,51,54)/t28-,29?,30+,33-,34-,35-,36-,39-,40+,41-/m0/s1. The summed E-state index contributed by atoms with van der Waals surface area (Å²) in [5, 5.41) is 32.0. The summed E-state index contributed by atoms with van der Waals surface area (Å²) in [6, 6.07) is -5.25. The molecule has 1 aliphatic rings. The van der Waals surface area contributed by atoms with Crippen LogP contribution in [0.2, 0.25) is 0 Å². The van der Waals surface area contributed by atoms with E-state index >= 15 is 0 Å². The second-order valence-electron chi connectivity index (χ2n) is 18.8. The van der Waals surface area contributed by atoms with E-state index in [0.29, 0.717) is 57.2 Å². The summed E-state index contributed by atoms with van der Waals surface area (Å²) >= 11 is 0. The molecular formula is C49H82N14O11. The summed E-state index contributed by atoms with van der Waals surface area (Å²) in [6.45, 7) is 13.0. The highest BCUT2D eigenvalue weighted by Gasteiger charge is 2.40. The molecule has 25 heteroatoms. The number of likely N-dealkylation sites (N-methyl/N-ethyl adjacent to an activating group) is 2. The third-order valence-corrected chi connectivity index (χ3v) is 12.8. The van der Waals surface area contributed by atoms with E-state index in [0.717, 1.165) is 4.90 Å². The lowest BCUT2D eigenvalue weighted by atomic mass is 9.96. The van der Waals surface area contributed by atoms with Crippen LogP contribution in [0.5, 0.6) is 0 Å². The van der Waals surface area contributed by atoms with Gasteiger partial charge in [0.05, 0.1) is 19.2 Å². The van der Waals surface area contributed by atoms with E-state index in [1.54, 1.807) is 46.8 Å². The van der Waals surface area contributed by atoms with E-state index in [1.165, 1.54) is 38.2 Å². The molecule has 0 bridgehead atoms. The van der Waals surface area contributed by atoms with Crippen LogP contribution < -0.4 is 54.0 Å². The predicted molar refractivity (Wildman–Crippen MR) is 275 cm³/mol. The Morgan fingerprint density at radius 2 is 1.35 bits per heavy atom. The molecule has 414 valence electrons. The number of amides is 10. The Morgan fingerprint density at radius 3 is 1.89 bits per heavy atom. The number of hydrogen-bond acceptors (Lipinski definition) is 13. The third-order valence-electron chi connectivity index (χ3n) is 12.8. The summed E-state index contributed by atoms with van der Waals surface area (Å²) in [6.07, 6.45) is 4.06. The first kappa shape index (κ1) is 63.2. The maximum Gasteiger partial charge on any atom is 0.245 e. The van der Waals surface area contributed by atoms with E-state index < -0.39 is 114 Å². The predicted octanol–water partition coefficient (Wildman–Crippen LogP) is -2.42. The number of aliphatic hydroxyl groups excluding tert-OH is 1. The van der Waals surface area contributed by atoms with Crippen LogP contribution in [0.1, 0.15) is 112 Å². The summed E-state index contributed by atoms with van der Waals surface area (Å²) in [5.41, 5.74) is 11.6. The van der Waals surface area contributed by atoms with Crippen molar-refractivity contribution in [3.63, 3.8) is 0 Å². The molecule has 1 aromatic heterocycles. The highest BCUT2D eigenvalue weighted by atomic mass is 16.3. The number of nitrogens with one attached hydrogen (secondary N) is 8. The zero-order valence-corrected chi connectivity index (χ0v) is 44.5. The number of pyridine rings is 1. The van der Waals surface area contributed by atoms with E-state index in [4.69, 9.17) is 11.5 Å². The molecular weight excluding hydrogens is 961 g/mol. The van der Waals surface area contributed by atoms with E-state index in [-0.39, 0.29) is 50.1 Å². The largest absolute Gasteiger partial charge is 0.391 e. The molecule has 10 atom stereocenters. The lowest BCUT2D eigenvalue weighted by Crippen LogP contribution is -2.63. The quantitative estimate of drug-likeness (QED) is 0.0210. The van der Waals surface area contributed by atoms with E-state index in [2.05, 4.69) is 52.5 Å². The fourth-order valence-corrected chi connectivity index (χ4v) is 7.97. The molecule has 1 fully saturated rings. The van der Waals surface area contributed by atoms with Gasteiger partial charge in [-0.05, 0) is 69.4 Å². The van der Waals surface area contributed by atoms with Gasteiger partial charge in [-0.3, -0.25) is 57.9 Å². The molecule has 1 aliphatic heterocycles. The number of aliphatic hydroxyl groups is 1. The molecule has 0 spiro atoms. The summed E-state index contributed by atoms with van der Waals surface area (Å²) in [7, 11) is 1.42. The molecule has 1 saturated heterocycles. The van der Waals surface area contributed by atoms with Gasteiger partial charge in [-0.25, -0.2) is 0 Å². The minimum absolute atomic E-state index is 0.0714. The van der Waals surface area contributed by atoms with Crippen LogP contribution in [0, 0.1) is 11.8 Å². The van der Waals surface area contributed by atoms with Crippen molar-refractivity contribution in [3.8, 4) is 0 Å².